The van der Waals surface area contributed by atoms with Gasteiger partial charge in [0.25, 0.3) is 11.8 Å². The van der Waals surface area contributed by atoms with Crippen molar-refractivity contribution in [3.63, 3.8) is 0 Å². The maximum absolute atomic E-state index is 13.5. The summed E-state index contributed by atoms with van der Waals surface area (Å²) in [5, 5.41) is 30.0. The molecule has 3 aromatic rings. The van der Waals surface area contributed by atoms with Gasteiger partial charge < -0.3 is 46.5 Å². The number of aromatic hydroxyl groups is 1. The summed E-state index contributed by atoms with van der Waals surface area (Å²) >= 11 is 0. The summed E-state index contributed by atoms with van der Waals surface area (Å²) in [6.45, 7) is 3.89. The van der Waals surface area contributed by atoms with Gasteiger partial charge in [0.2, 0.25) is 0 Å². The molecule has 11 nitrogen and oxygen atoms in total. The second kappa shape index (κ2) is 11.1. The van der Waals surface area contributed by atoms with Crippen LogP contribution in [-0.2, 0) is 16.0 Å². The molecular weight excluding hydrogens is 500 g/mol. The lowest BCUT2D eigenvalue weighted by atomic mass is 9.97. The van der Waals surface area contributed by atoms with Crippen molar-refractivity contribution in [2.75, 3.05) is 49.7 Å². The summed E-state index contributed by atoms with van der Waals surface area (Å²) in [7, 11) is 0. The molecule has 2 amide bonds. The van der Waals surface area contributed by atoms with Crippen molar-refractivity contribution in [2.24, 2.45) is 5.73 Å². The zero-order valence-electron chi connectivity index (χ0n) is 21.6. The molecule has 0 radical (unpaired) electrons. The molecule has 0 fully saturated rings. The molecule has 0 spiro atoms. The molecule has 3 heterocycles. The number of benzene rings is 2. The van der Waals surface area contributed by atoms with Gasteiger partial charge in [0, 0.05) is 42.0 Å². The fourth-order valence-corrected chi connectivity index (χ4v) is 5.01. The predicted octanol–water partition coefficient (Wildman–Crippen LogP) is 1.67. The molecule has 0 saturated heterocycles. The number of aliphatic hydroxyl groups excluding tert-OH is 1. The highest BCUT2D eigenvalue weighted by molar-refractivity contribution is 6.10. The van der Waals surface area contributed by atoms with Crippen LogP contribution in [0.25, 0.3) is 16.8 Å². The number of H-pyrrole nitrogens is 1. The van der Waals surface area contributed by atoms with E-state index in [9.17, 15) is 14.7 Å². The minimum absolute atomic E-state index is 0.00695. The van der Waals surface area contributed by atoms with Gasteiger partial charge >= 0.3 is 0 Å². The molecule has 39 heavy (non-hydrogen) atoms. The number of hydrogen-bond acceptors (Lipinski definition) is 8. The Kier molecular flexibility index (Phi) is 7.44. The van der Waals surface area contributed by atoms with E-state index in [-0.39, 0.29) is 30.6 Å². The van der Waals surface area contributed by atoms with Crippen LogP contribution >= 0.6 is 0 Å². The van der Waals surface area contributed by atoms with Crippen molar-refractivity contribution in [3.05, 3.63) is 70.3 Å². The minimum atomic E-state index is -0.460. The van der Waals surface area contributed by atoms with Gasteiger partial charge in [-0.3, -0.25) is 9.59 Å². The third-order valence-electron chi connectivity index (χ3n) is 6.84. The van der Waals surface area contributed by atoms with Gasteiger partial charge in [-0.05, 0) is 42.0 Å². The van der Waals surface area contributed by atoms with E-state index < -0.39 is 5.91 Å². The first kappa shape index (κ1) is 26.1. The van der Waals surface area contributed by atoms with Crippen LogP contribution in [0.2, 0.25) is 0 Å². The first-order valence-electron chi connectivity index (χ1n) is 12.8. The second-order valence-electron chi connectivity index (χ2n) is 9.48. The van der Waals surface area contributed by atoms with Crippen LogP contribution in [0.4, 0.5) is 11.5 Å². The molecule has 0 bridgehead atoms. The summed E-state index contributed by atoms with van der Waals surface area (Å²) in [6.07, 6.45) is 3.90. The van der Waals surface area contributed by atoms with E-state index >= 15 is 0 Å². The average molecular weight is 533 g/mol. The van der Waals surface area contributed by atoms with Crippen molar-refractivity contribution in [1.29, 1.82) is 0 Å². The second-order valence-corrected chi connectivity index (χ2v) is 9.48. The normalized spacial score (nSPS) is 14.5. The number of phenolic OH excluding ortho intramolecular Hbond substituents is 1. The largest absolute Gasteiger partial charge is 0.507 e. The molecule has 2 aliphatic rings. The Labute approximate surface area is 225 Å². The monoisotopic (exact) mass is 532 g/mol. The third-order valence-corrected chi connectivity index (χ3v) is 6.84. The summed E-state index contributed by atoms with van der Waals surface area (Å²) in [6, 6.07) is 9.24. The number of amides is 2. The average Bonchev–Trinajstić information content (AvgIpc) is 3.54. The molecule has 8 N–H and O–H groups in total. The summed E-state index contributed by atoms with van der Waals surface area (Å²) in [5.74, 6) is 0.179. The molecule has 0 unspecified atom stereocenters. The van der Waals surface area contributed by atoms with E-state index in [1.165, 1.54) is 6.20 Å². The van der Waals surface area contributed by atoms with Gasteiger partial charge in [-0.15, -0.1) is 0 Å². The Morgan fingerprint density at radius 2 is 2.10 bits per heavy atom. The van der Waals surface area contributed by atoms with Gasteiger partial charge in [-0.2, -0.15) is 0 Å². The molecule has 2 aromatic carbocycles. The number of phenols is 1. The summed E-state index contributed by atoms with van der Waals surface area (Å²) in [4.78, 5) is 30.9. The van der Waals surface area contributed by atoms with E-state index in [1.54, 1.807) is 23.1 Å². The summed E-state index contributed by atoms with van der Waals surface area (Å²) < 4.78 is 5.13. The SMILES string of the molecule is Cc1cccc2c(O)cc3c(c12)CCN3C(=O)c1cc2c([nH]1)NCC(NC(=O)/C(N)=C/NCCOCCO)=C2. The van der Waals surface area contributed by atoms with Crippen LogP contribution < -0.4 is 26.6 Å². The van der Waals surface area contributed by atoms with Crippen molar-refractivity contribution >= 4 is 40.2 Å². The lowest BCUT2D eigenvalue weighted by Gasteiger charge is -2.18. The highest BCUT2D eigenvalue weighted by Gasteiger charge is 2.30. The van der Waals surface area contributed by atoms with Crippen LogP contribution in [0, 0.1) is 6.92 Å². The number of nitrogens with one attached hydrogen (secondary N) is 4. The number of anilines is 2. The van der Waals surface area contributed by atoms with E-state index in [4.69, 9.17) is 15.6 Å². The number of aliphatic hydroxyl groups is 1. The topological polar surface area (TPSA) is 165 Å². The molecule has 11 heteroatoms. The van der Waals surface area contributed by atoms with Gasteiger partial charge in [0.05, 0.1) is 32.1 Å². The molecule has 5 rings (SSSR count). The standard InChI is InChI=1S/C28H32N6O5/c1-16-3-2-4-20-24(36)13-23-19(25(16)20)5-7-34(23)28(38)22-12-17-11-18(14-31-26(17)33-22)32-27(37)21(29)15-30-6-9-39-10-8-35/h2-4,11-13,15,30-31,33,35-36H,5-10,14,29H2,1H3,(H,32,37)/b21-15-. The van der Waals surface area contributed by atoms with Crippen LogP contribution in [0.5, 0.6) is 5.75 Å². The number of hydrogen-bond donors (Lipinski definition) is 7. The number of rotatable bonds is 9. The first-order chi connectivity index (χ1) is 18.9. The highest BCUT2D eigenvalue weighted by Crippen LogP contribution is 2.41. The third kappa shape index (κ3) is 5.27. The molecular formula is C28H32N6O5. The van der Waals surface area contributed by atoms with E-state index in [1.807, 2.05) is 25.1 Å². The molecule has 0 atom stereocenters. The molecule has 1 aromatic heterocycles. The Hall–Kier alpha value is -4.48. The Morgan fingerprint density at radius 1 is 1.26 bits per heavy atom. The van der Waals surface area contributed by atoms with Crippen molar-refractivity contribution < 1.29 is 24.5 Å². The molecule has 0 aliphatic carbocycles. The minimum Gasteiger partial charge on any atom is -0.507 e. The zero-order chi connectivity index (χ0) is 27.5. The molecule has 0 saturated carbocycles. The van der Waals surface area contributed by atoms with Gasteiger partial charge in [-0.25, -0.2) is 0 Å². The Balaban J connectivity index is 1.28. The van der Waals surface area contributed by atoms with Crippen LogP contribution in [0.1, 0.15) is 27.2 Å². The van der Waals surface area contributed by atoms with Gasteiger partial charge in [0.1, 0.15) is 23.0 Å². The number of carbonyl (C=O) groups excluding carboxylic acids is 2. The maximum atomic E-state index is 13.5. The van der Waals surface area contributed by atoms with Crippen LogP contribution in [-0.4, -0.2) is 66.5 Å². The van der Waals surface area contributed by atoms with E-state index in [2.05, 4.69) is 20.9 Å². The number of aromatic nitrogens is 1. The fourth-order valence-electron chi connectivity index (χ4n) is 5.01. The molecule has 2 aliphatic heterocycles. The number of aryl methyl sites for hydroxylation is 1. The summed E-state index contributed by atoms with van der Waals surface area (Å²) in [5.41, 5.74) is 10.5. The lowest BCUT2D eigenvalue weighted by molar-refractivity contribution is -0.116. The quantitative estimate of drug-likeness (QED) is 0.162. The highest BCUT2D eigenvalue weighted by atomic mass is 16.5. The smallest absolute Gasteiger partial charge is 0.274 e. The van der Waals surface area contributed by atoms with Gasteiger partial charge in [0.15, 0.2) is 0 Å². The number of nitrogens with zero attached hydrogens (tertiary/aromatic N) is 1. The van der Waals surface area contributed by atoms with Gasteiger partial charge in [-0.1, -0.05) is 18.2 Å². The molecule has 204 valence electrons. The van der Waals surface area contributed by atoms with E-state index in [0.29, 0.717) is 49.9 Å². The van der Waals surface area contributed by atoms with Crippen LogP contribution in [0.3, 0.4) is 0 Å². The zero-order valence-corrected chi connectivity index (χ0v) is 21.6. The number of ether oxygens (including phenoxy) is 1. The number of aromatic amines is 1. The van der Waals surface area contributed by atoms with Crippen molar-refractivity contribution in [3.8, 4) is 5.75 Å². The van der Waals surface area contributed by atoms with E-state index in [0.717, 1.165) is 33.2 Å². The predicted molar refractivity (Wildman–Crippen MR) is 149 cm³/mol. The van der Waals surface area contributed by atoms with Crippen molar-refractivity contribution in [2.45, 2.75) is 13.3 Å². The van der Waals surface area contributed by atoms with Crippen LogP contribution in [0.15, 0.2) is 47.9 Å². The Morgan fingerprint density at radius 3 is 2.92 bits per heavy atom. The Bertz CT molecular complexity index is 1490. The van der Waals surface area contributed by atoms with Crippen molar-refractivity contribution in [1.82, 2.24) is 15.6 Å². The number of carbonyl (C=O) groups is 2. The fraction of sp³-hybridized carbons (Fsp3) is 0.286. The maximum Gasteiger partial charge on any atom is 0.274 e. The number of fused-ring (bicyclic) bond motifs is 4. The first-order valence-corrected chi connectivity index (χ1v) is 12.8. The number of nitrogens with two attached hydrogens (primary N) is 1. The lowest BCUT2D eigenvalue weighted by Crippen LogP contribution is -2.33.